The molecule has 4 aliphatic rings. The molecule has 4 heterocycles. The highest BCUT2D eigenvalue weighted by molar-refractivity contribution is 5.91. The maximum Gasteiger partial charge on any atom is 0.240 e. The third kappa shape index (κ3) is 1.49. The third-order valence-corrected chi connectivity index (χ3v) is 5.59. The second-order valence-corrected chi connectivity index (χ2v) is 7.46. The number of quaternary nitrogens is 2. The van der Waals surface area contributed by atoms with E-state index in [1.54, 1.807) is 12.1 Å². The summed E-state index contributed by atoms with van der Waals surface area (Å²) in [5, 5.41) is 0. The lowest BCUT2D eigenvalue weighted by Crippen LogP contribution is -3.41. The third-order valence-electron chi connectivity index (χ3n) is 5.59. The van der Waals surface area contributed by atoms with Gasteiger partial charge in [0.25, 0.3) is 0 Å². The summed E-state index contributed by atoms with van der Waals surface area (Å²) in [6.45, 7) is 7.96. The summed E-state index contributed by atoms with van der Waals surface area (Å²) in [4.78, 5) is 15.6. The van der Waals surface area contributed by atoms with Crippen molar-refractivity contribution in [3.63, 3.8) is 0 Å². The zero-order valence-corrected chi connectivity index (χ0v) is 12.0. The Morgan fingerprint density at radius 1 is 1.00 bits per heavy atom. The number of carbonyl (C=O) groups excluding carboxylic acids is 1. The predicted octanol–water partition coefficient (Wildman–Crippen LogP) is -0.783. The average Bonchev–Trinajstić information content (AvgIpc) is 2.36. The van der Waals surface area contributed by atoms with Gasteiger partial charge in [-0.1, -0.05) is 0 Å². The van der Waals surface area contributed by atoms with Crippen LogP contribution >= 0.6 is 0 Å². The van der Waals surface area contributed by atoms with E-state index in [9.17, 15) is 9.18 Å². The molecule has 4 heteroatoms. The largest absolute Gasteiger partial charge is 0.297 e. The molecule has 0 spiro atoms. The van der Waals surface area contributed by atoms with Crippen LogP contribution in [0.5, 0.6) is 0 Å². The first kappa shape index (κ1) is 12.5. The van der Waals surface area contributed by atoms with Crippen LogP contribution in [0, 0.1) is 16.6 Å². The maximum atomic E-state index is 13.1. The number of halogens is 1. The van der Waals surface area contributed by atoms with E-state index in [0.29, 0.717) is 11.9 Å². The Labute approximate surface area is 118 Å². The lowest BCUT2D eigenvalue weighted by atomic mass is 9.62. The normalized spacial score (nSPS) is 46.0. The van der Waals surface area contributed by atoms with Gasteiger partial charge in [0.15, 0.2) is 5.78 Å². The molecule has 0 aliphatic carbocycles. The molecule has 106 valence electrons. The summed E-state index contributed by atoms with van der Waals surface area (Å²) in [7, 11) is 0. The second-order valence-electron chi connectivity index (χ2n) is 7.46. The highest BCUT2D eigenvalue weighted by atomic mass is 19.1. The van der Waals surface area contributed by atoms with E-state index in [1.807, 2.05) is 12.1 Å². The summed E-state index contributed by atoms with van der Waals surface area (Å²) in [5.74, 6) is 0.289. The Morgan fingerprint density at radius 2 is 1.45 bits per heavy atom. The Hall–Kier alpha value is -1.26. The van der Waals surface area contributed by atoms with Crippen LogP contribution in [0.3, 0.4) is 0 Å². The minimum Gasteiger partial charge on any atom is -0.297 e. The van der Waals surface area contributed by atoms with E-state index in [4.69, 9.17) is 0 Å². The van der Waals surface area contributed by atoms with Crippen molar-refractivity contribution in [2.75, 3.05) is 26.2 Å². The van der Waals surface area contributed by atoms with Crippen LogP contribution in [0.2, 0.25) is 0 Å². The Kier molecular flexibility index (Phi) is 2.30. The van der Waals surface area contributed by atoms with Gasteiger partial charge in [-0.3, -0.25) is 14.6 Å². The summed E-state index contributed by atoms with van der Waals surface area (Å²) in [6.07, 6.45) is 0.366. The number of hydrogen-bond acceptors (Lipinski definition) is 1. The summed E-state index contributed by atoms with van der Waals surface area (Å²) in [6, 6.07) is 6.93. The van der Waals surface area contributed by atoms with Crippen molar-refractivity contribution in [1.82, 2.24) is 0 Å². The van der Waals surface area contributed by atoms with Gasteiger partial charge in [-0.05, 0) is 38.1 Å². The number of hydrogen-bond donors (Lipinski definition) is 2. The summed E-state index contributed by atoms with van der Waals surface area (Å²) in [5.41, 5.74) is 0.883. The molecule has 0 radical (unpaired) electrons. The van der Waals surface area contributed by atoms with Crippen molar-refractivity contribution in [1.29, 1.82) is 0 Å². The van der Waals surface area contributed by atoms with Crippen molar-refractivity contribution < 1.29 is 19.0 Å². The van der Waals surface area contributed by atoms with E-state index in [1.165, 1.54) is 15.4 Å². The molecule has 4 aliphatic heterocycles. The number of piperidine rings is 2. The standard InChI is InChI=1S/C16H19FN2O/c1-15-7-18-9-16(2,14(15)20)10-19(8-15)13(18)11-3-5-12(17)6-4-11/h3-6,13H,7-10H2,1-2H3/p+2. The van der Waals surface area contributed by atoms with Gasteiger partial charge in [0.1, 0.15) is 16.6 Å². The van der Waals surface area contributed by atoms with Crippen LogP contribution in [0.1, 0.15) is 25.6 Å². The highest BCUT2D eigenvalue weighted by Gasteiger charge is 2.68. The zero-order valence-electron chi connectivity index (χ0n) is 12.0. The topological polar surface area (TPSA) is 26.0 Å². The number of benzene rings is 1. The van der Waals surface area contributed by atoms with Gasteiger partial charge in [-0.15, -0.1) is 0 Å². The molecule has 0 unspecified atom stereocenters. The number of carbonyl (C=O) groups is 1. The molecule has 5 rings (SSSR count). The SMILES string of the molecule is CC12C[NH+]3CC(C)(C[NH+](C1)C3c1ccc(F)cc1)C2=O. The summed E-state index contributed by atoms with van der Waals surface area (Å²) >= 11 is 0. The second kappa shape index (κ2) is 3.68. The fourth-order valence-electron chi connectivity index (χ4n) is 5.13. The Bertz CT molecular complexity index is 543. The predicted molar refractivity (Wildman–Crippen MR) is 71.8 cm³/mol. The molecule has 1 aromatic carbocycles. The van der Waals surface area contributed by atoms with E-state index in [-0.39, 0.29) is 16.6 Å². The molecule has 4 fully saturated rings. The van der Waals surface area contributed by atoms with Crippen LogP contribution in [0.4, 0.5) is 4.39 Å². The lowest BCUT2D eigenvalue weighted by molar-refractivity contribution is -1.18. The number of Topliss-reactive ketones (excluding diaryl/α,β-unsaturated/α-hetero) is 1. The van der Waals surface area contributed by atoms with Crippen molar-refractivity contribution in [3.05, 3.63) is 35.6 Å². The number of rotatable bonds is 1. The molecule has 1 aromatic rings. The minimum absolute atomic E-state index is 0.160. The van der Waals surface area contributed by atoms with Gasteiger partial charge < -0.3 is 0 Å². The van der Waals surface area contributed by atoms with Crippen LogP contribution in [-0.2, 0) is 4.79 Å². The van der Waals surface area contributed by atoms with Crippen LogP contribution in [0.25, 0.3) is 0 Å². The molecule has 4 saturated heterocycles. The van der Waals surface area contributed by atoms with E-state index < -0.39 is 0 Å². The summed E-state index contributed by atoms with van der Waals surface area (Å²) < 4.78 is 13.1. The fourth-order valence-corrected chi connectivity index (χ4v) is 5.13. The Morgan fingerprint density at radius 3 is 1.90 bits per heavy atom. The van der Waals surface area contributed by atoms with Gasteiger partial charge in [-0.25, -0.2) is 4.39 Å². The smallest absolute Gasteiger partial charge is 0.240 e. The molecule has 0 saturated carbocycles. The lowest BCUT2D eigenvalue weighted by Gasteiger charge is -2.58. The van der Waals surface area contributed by atoms with E-state index >= 15 is 0 Å². The molecule has 4 bridgehead atoms. The first-order chi connectivity index (χ1) is 9.41. The van der Waals surface area contributed by atoms with Crippen molar-refractivity contribution in [2.24, 2.45) is 10.8 Å². The molecular formula is C16H21FN2O+2. The fraction of sp³-hybridized carbons (Fsp3) is 0.562. The number of ketones is 1. The van der Waals surface area contributed by atoms with Crippen LogP contribution in [0.15, 0.2) is 24.3 Å². The van der Waals surface area contributed by atoms with Crippen LogP contribution in [-0.4, -0.2) is 32.0 Å². The average molecular weight is 276 g/mol. The monoisotopic (exact) mass is 276 g/mol. The van der Waals surface area contributed by atoms with Gasteiger partial charge in [0, 0.05) is 0 Å². The van der Waals surface area contributed by atoms with Crippen LogP contribution < -0.4 is 9.80 Å². The van der Waals surface area contributed by atoms with Crippen molar-refractivity contribution >= 4 is 5.78 Å². The first-order valence-corrected chi connectivity index (χ1v) is 7.41. The molecule has 0 aromatic heterocycles. The molecular weight excluding hydrogens is 255 g/mol. The van der Waals surface area contributed by atoms with Crippen molar-refractivity contribution in [2.45, 2.75) is 20.0 Å². The zero-order chi connectivity index (χ0) is 14.1. The molecule has 2 N–H and O–H groups in total. The maximum absolute atomic E-state index is 13.1. The van der Waals surface area contributed by atoms with Gasteiger partial charge in [0.05, 0.1) is 31.7 Å². The van der Waals surface area contributed by atoms with Gasteiger partial charge in [0.2, 0.25) is 6.17 Å². The Balaban J connectivity index is 1.74. The quantitative estimate of drug-likeness (QED) is 0.691. The van der Waals surface area contributed by atoms with Gasteiger partial charge in [-0.2, -0.15) is 0 Å². The highest BCUT2D eigenvalue weighted by Crippen LogP contribution is 2.35. The molecule has 3 nitrogen and oxygen atoms in total. The number of nitrogens with one attached hydrogen (secondary N) is 2. The molecule has 0 amide bonds. The first-order valence-electron chi connectivity index (χ1n) is 7.41. The van der Waals surface area contributed by atoms with E-state index in [2.05, 4.69) is 13.8 Å². The van der Waals surface area contributed by atoms with Gasteiger partial charge >= 0.3 is 0 Å². The minimum atomic E-state index is -0.179. The van der Waals surface area contributed by atoms with E-state index in [0.717, 1.165) is 26.2 Å². The molecule has 0 atom stereocenters. The molecule has 20 heavy (non-hydrogen) atoms. The van der Waals surface area contributed by atoms with Crippen molar-refractivity contribution in [3.8, 4) is 0 Å².